The van der Waals surface area contributed by atoms with Gasteiger partial charge < -0.3 is 14.5 Å². The lowest BCUT2D eigenvalue weighted by molar-refractivity contribution is -0.131. The summed E-state index contributed by atoms with van der Waals surface area (Å²) in [6.07, 6.45) is 2.58. The second-order valence-corrected chi connectivity index (χ2v) is 7.32. The molecule has 6 heteroatoms. The van der Waals surface area contributed by atoms with Crippen LogP contribution in [0, 0.1) is 0 Å². The minimum absolute atomic E-state index is 0.0118. The van der Waals surface area contributed by atoms with E-state index >= 15 is 0 Å². The maximum absolute atomic E-state index is 13.3. The van der Waals surface area contributed by atoms with Crippen molar-refractivity contribution in [2.75, 3.05) is 5.32 Å². The van der Waals surface area contributed by atoms with E-state index in [-0.39, 0.29) is 28.0 Å². The Morgan fingerprint density at radius 2 is 1.65 bits per heavy atom. The van der Waals surface area contributed by atoms with Crippen LogP contribution in [0.1, 0.15) is 61.4 Å². The van der Waals surface area contributed by atoms with E-state index in [2.05, 4.69) is 5.32 Å². The molecule has 0 aliphatic carbocycles. The van der Waals surface area contributed by atoms with E-state index in [1.165, 1.54) is 6.92 Å². The third kappa shape index (κ3) is 4.53. The van der Waals surface area contributed by atoms with Gasteiger partial charge in [-0.25, -0.2) is 0 Å². The quantitative estimate of drug-likeness (QED) is 0.426. The highest BCUT2D eigenvalue weighted by Crippen LogP contribution is 2.28. The van der Waals surface area contributed by atoms with Crippen LogP contribution in [0.4, 0.5) is 5.69 Å². The van der Waals surface area contributed by atoms with Gasteiger partial charge in [-0.15, -0.1) is 0 Å². The third-order valence-corrected chi connectivity index (χ3v) is 5.15. The number of rotatable bonds is 7. The molecule has 162 valence electrons. The van der Waals surface area contributed by atoms with Gasteiger partial charge in [0.1, 0.15) is 11.3 Å². The summed E-state index contributed by atoms with van der Waals surface area (Å²) in [5.41, 5.74) is 2.48. The Labute approximate surface area is 181 Å². The monoisotopic (exact) mass is 421 g/mol. The van der Waals surface area contributed by atoms with E-state index in [0.29, 0.717) is 12.8 Å². The molecule has 0 atom stereocenters. The molecule has 1 amide bonds. The zero-order valence-electron chi connectivity index (χ0n) is 18.3. The molecule has 1 aromatic heterocycles. The predicted octanol–water partition coefficient (Wildman–Crippen LogP) is 5.05. The van der Waals surface area contributed by atoms with Crippen LogP contribution < -0.4 is 15.5 Å². The molecular weight excluding hydrogens is 394 g/mol. The van der Waals surface area contributed by atoms with Gasteiger partial charge in [0.2, 0.25) is 5.43 Å². The second-order valence-electron chi connectivity index (χ2n) is 7.32. The van der Waals surface area contributed by atoms with Crippen LogP contribution in [-0.4, -0.2) is 11.9 Å². The number of hydrogen-bond acceptors (Lipinski definition) is 5. The second kappa shape index (κ2) is 9.60. The Morgan fingerprint density at radius 1 is 1.00 bits per heavy atom. The summed E-state index contributed by atoms with van der Waals surface area (Å²) in [5.74, 6) is -0.565. The Hall–Kier alpha value is -3.41. The van der Waals surface area contributed by atoms with Gasteiger partial charge in [-0.1, -0.05) is 45.0 Å². The van der Waals surface area contributed by atoms with Crippen molar-refractivity contribution in [2.24, 2.45) is 0 Å². The summed E-state index contributed by atoms with van der Waals surface area (Å²) in [7, 11) is 0. The van der Waals surface area contributed by atoms with Gasteiger partial charge in [0, 0.05) is 19.0 Å². The number of benzene rings is 2. The first-order chi connectivity index (χ1) is 14.9. The fraction of sp³-hybridized carbons (Fsp3) is 0.320. The van der Waals surface area contributed by atoms with Crippen molar-refractivity contribution in [1.82, 2.24) is 0 Å². The summed E-state index contributed by atoms with van der Waals surface area (Å²) in [6, 6.07) is 10.6. The van der Waals surface area contributed by atoms with Crippen molar-refractivity contribution < 1.29 is 18.7 Å². The van der Waals surface area contributed by atoms with Gasteiger partial charge in [0.15, 0.2) is 11.3 Å². The normalized spacial score (nSPS) is 10.8. The molecule has 31 heavy (non-hydrogen) atoms. The molecule has 0 aliphatic heterocycles. The standard InChI is InChI=1S/C25H27NO5/c1-5-10-19-21(25(29)26-22-16(6-2)11-8-12-17(22)7-3)23(28)18-13-9-14-20(24(18)31-19)30-15(4)27/h8-9,11-14H,5-7,10H2,1-4H3,(H,26,29). The van der Waals surface area contributed by atoms with Gasteiger partial charge >= 0.3 is 5.97 Å². The highest BCUT2D eigenvalue weighted by Gasteiger charge is 2.23. The van der Waals surface area contributed by atoms with Crippen LogP contribution >= 0.6 is 0 Å². The maximum Gasteiger partial charge on any atom is 0.308 e. The molecule has 0 aliphatic rings. The molecular formula is C25H27NO5. The molecule has 0 spiro atoms. The van der Waals surface area contributed by atoms with Crippen molar-refractivity contribution in [3.8, 4) is 5.75 Å². The van der Waals surface area contributed by atoms with Gasteiger partial charge in [-0.05, 0) is 42.5 Å². The number of carbonyl (C=O) groups is 2. The van der Waals surface area contributed by atoms with Crippen molar-refractivity contribution in [3.63, 3.8) is 0 Å². The van der Waals surface area contributed by atoms with Crippen LogP contribution in [0.25, 0.3) is 11.0 Å². The predicted molar refractivity (Wildman–Crippen MR) is 121 cm³/mol. The SMILES string of the molecule is CCCc1oc2c(OC(C)=O)cccc2c(=O)c1C(=O)Nc1c(CC)cccc1CC. The zero-order valence-corrected chi connectivity index (χ0v) is 18.3. The molecule has 2 aromatic carbocycles. The zero-order chi connectivity index (χ0) is 22.5. The van der Waals surface area contributed by atoms with E-state index < -0.39 is 17.3 Å². The first-order valence-corrected chi connectivity index (χ1v) is 10.6. The lowest BCUT2D eigenvalue weighted by atomic mass is 10.0. The van der Waals surface area contributed by atoms with Gasteiger partial charge in [-0.2, -0.15) is 0 Å². The van der Waals surface area contributed by atoms with Crippen molar-refractivity contribution in [1.29, 1.82) is 0 Å². The van der Waals surface area contributed by atoms with E-state index in [9.17, 15) is 14.4 Å². The van der Waals surface area contributed by atoms with Crippen LogP contribution in [0.3, 0.4) is 0 Å². The minimum Gasteiger partial charge on any atom is -0.456 e. The molecule has 0 saturated heterocycles. The van der Waals surface area contributed by atoms with E-state index in [0.717, 1.165) is 29.7 Å². The van der Waals surface area contributed by atoms with Gasteiger partial charge in [0.05, 0.1) is 5.39 Å². The molecule has 3 rings (SSSR count). The van der Waals surface area contributed by atoms with Crippen molar-refractivity contribution in [3.05, 3.63) is 69.1 Å². The van der Waals surface area contributed by atoms with Gasteiger partial charge in [0.25, 0.3) is 5.91 Å². The number of esters is 1. The fourth-order valence-corrected chi connectivity index (χ4v) is 3.68. The molecule has 3 aromatic rings. The average molecular weight is 421 g/mol. The highest BCUT2D eigenvalue weighted by atomic mass is 16.5. The first-order valence-electron chi connectivity index (χ1n) is 10.6. The lowest BCUT2D eigenvalue weighted by Gasteiger charge is -2.16. The van der Waals surface area contributed by atoms with Crippen LogP contribution in [0.5, 0.6) is 5.75 Å². The number of para-hydroxylation sites is 2. The number of carbonyl (C=O) groups excluding carboxylic acids is 2. The fourth-order valence-electron chi connectivity index (χ4n) is 3.68. The molecule has 6 nitrogen and oxygen atoms in total. The summed E-state index contributed by atoms with van der Waals surface area (Å²) in [4.78, 5) is 38.1. The third-order valence-electron chi connectivity index (χ3n) is 5.15. The maximum atomic E-state index is 13.3. The molecule has 0 radical (unpaired) electrons. The van der Waals surface area contributed by atoms with Crippen molar-refractivity contribution >= 4 is 28.5 Å². The van der Waals surface area contributed by atoms with Crippen molar-refractivity contribution in [2.45, 2.75) is 53.4 Å². The Balaban J connectivity index is 2.17. The van der Waals surface area contributed by atoms with E-state index in [1.54, 1.807) is 18.2 Å². The topological polar surface area (TPSA) is 85.6 Å². The lowest BCUT2D eigenvalue weighted by Crippen LogP contribution is -2.25. The molecule has 0 bridgehead atoms. The number of aryl methyl sites for hydroxylation is 3. The molecule has 0 unspecified atom stereocenters. The summed E-state index contributed by atoms with van der Waals surface area (Å²) >= 11 is 0. The Morgan fingerprint density at radius 3 is 2.23 bits per heavy atom. The van der Waals surface area contributed by atoms with E-state index in [1.807, 2.05) is 39.0 Å². The number of ether oxygens (including phenoxy) is 1. The Kier molecular flexibility index (Phi) is 6.90. The molecule has 1 heterocycles. The number of amides is 1. The molecule has 0 saturated carbocycles. The molecule has 1 N–H and O–H groups in total. The molecule has 0 fully saturated rings. The summed E-state index contributed by atoms with van der Waals surface area (Å²) in [6.45, 7) is 7.26. The average Bonchev–Trinajstić information content (AvgIpc) is 2.74. The number of hydrogen-bond donors (Lipinski definition) is 1. The number of anilines is 1. The summed E-state index contributed by atoms with van der Waals surface area (Å²) in [5, 5.41) is 3.16. The number of fused-ring (bicyclic) bond motifs is 1. The summed E-state index contributed by atoms with van der Waals surface area (Å²) < 4.78 is 11.2. The van der Waals surface area contributed by atoms with Crippen LogP contribution in [0.2, 0.25) is 0 Å². The smallest absolute Gasteiger partial charge is 0.308 e. The van der Waals surface area contributed by atoms with Crippen LogP contribution in [0.15, 0.2) is 45.6 Å². The number of nitrogens with one attached hydrogen (secondary N) is 1. The Bertz CT molecular complexity index is 1170. The first kappa shape index (κ1) is 22.3. The highest BCUT2D eigenvalue weighted by molar-refractivity contribution is 6.07. The van der Waals surface area contributed by atoms with E-state index in [4.69, 9.17) is 9.15 Å². The van der Waals surface area contributed by atoms with Crippen LogP contribution in [-0.2, 0) is 24.1 Å². The minimum atomic E-state index is -0.516. The van der Waals surface area contributed by atoms with Gasteiger partial charge in [-0.3, -0.25) is 14.4 Å². The largest absolute Gasteiger partial charge is 0.456 e.